The van der Waals surface area contributed by atoms with Crippen molar-refractivity contribution in [2.24, 2.45) is 0 Å². The quantitative estimate of drug-likeness (QED) is 0.791. The molecule has 0 aliphatic rings. The highest BCUT2D eigenvalue weighted by atomic mass is 32.1. The molecule has 0 aliphatic carbocycles. The van der Waals surface area contributed by atoms with Crippen molar-refractivity contribution in [3.05, 3.63) is 29.3 Å². The van der Waals surface area contributed by atoms with E-state index in [0.29, 0.717) is 6.61 Å². The van der Waals surface area contributed by atoms with Gasteiger partial charge in [-0.25, -0.2) is 0 Å². The topological polar surface area (TPSA) is 47.0 Å². The molecule has 0 fully saturated rings. The van der Waals surface area contributed by atoms with Gasteiger partial charge in [-0.3, -0.25) is 0 Å². The zero-order valence-corrected chi connectivity index (χ0v) is 12.2. The molecule has 1 aromatic carbocycles. The van der Waals surface area contributed by atoms with E-state index >= 15 is 0 Å². The maximum atomic E-state index is 5.43. The molecule has 0 amide bonds. The first-order valence-electron chi connectivity index (χ1n) is 6.59. The lowest BCUT2D eigenvalue weighted by Crippen LogP contribution is -2.15. The number of likely N-dealkylation sites (N-methyl/N-ethyl adjacent to an activating group) is 1. The van der Waals surface area contributed by atoms with Gasteiger partial charge in [-0.1, -0.05) is 18.3 Å². The average Bonchev–Trinajstić information content (AvgIpc) is 2.89. The minimum absolute atomic E-state index is 0.687. The summed E-state index contributed by atoms with van der Waals surface area (Å²) in [5.74, 6) is 0.892. The number of hydrogen-bond acceptors (Lipinski definition) is 5. The Hall–Kier alpha value is -1.46. The summed E-state index contributed by atoms with van der Waals surface area (Å²) in [5, 5.41) is 13.8. The fourth-order valence-corrected chi connectivity index (χ4v) is 2.55. The van der Waals surface area contributed by atoms with E-state index in [-0.39, 0.29) is 0 Å². The molecule has 1 heterocycles. The summed E-state index contributed by atoms with van der Waals surface area (Å²) in [6, 6.07) is 8.00. The SMILES string of the molecule is CCNCCc1nnc(-c2ccc(OCC)cc2)s1. The third kappa shape index (κ3) is 4.01. The van der Waals surface area contributed by atoms with Gasteiger partial charge in [0.15, 0.2) is 0 Å². The molecule has 1 N–H and O–H groups in total. The molecule has 0 saturated carbocycles. The average molecular weight is 277 g/mol. The predicted octanol–water partition coefficient (Wildman–Crippen LogP) is 2.76. The molecule has 2 aromatic rings. The number of rotatable bonds is 7. The number of ether oxygens (including phenoxy) is 1. The highest BCUT2D eigenvalue weighted by Gasteiger charge is 2.06. The van der Waals surface area contributed by atoms with Gasteiger partial charge in [0.1, 0.15) is 15.8 Å². The smallest absolute Gasteiger partial charge is 0.147 e. The summed E-state index contributed by atoms with van der Waals surface area (Å²) in [4.78, 5) is 0. The van der Waals surface area contributed by atoms with Crippen LogP contribution in [-0.2, 0) is 6.42 Å². The van der Waals surface area contributed by atoms with Crippen LogP contribution >= 0.6 is 11.3 Å². The van der Waals surface area contributed by atoms with E-state index in [1.54, 1.807) is 11.3 Å². The summed E-state index contributed by atoms with van der Waals surface area (Å²) in [6.45, 7) is 6.71. The molecule has 0 radical (unpaired) electrons. The molecule has 4 nitrogen and oxygen atoms in total. The van der Waals surface area contributed by atoms with Gasteiger partial charge in [0.2, 0.25) is 0 Å². The Balaban J connectivity index is 2.01. The number of benzene rings is 1. The van der Waals surface area contributed by atoms with Crippen LogP contribution in [0.5, 0.6) is 5.75 Å². The standard InChI is InChI=1S/C14H19N3OS/c1-3-15-10-9-13-16-17-14(19-13)11-5-7-12(8-6-11)18-4-2/h5-8,15H,3-4,9-10H2,1-2H3. The van der Waals surface area contributed by atoms with Crippen LogP contribution in [0.1, 0.15) is 18.9 Å². The second-order valence-corrected chi connectivity index (χ2v) is 5.12. The Bertz CT molecular complexity index is 496. The lowest BCUT2D eigenvalue weighted by Gasteiger charge is -2.02. The molecule has 0 bridgehead atoms. The molecule has 1 aromatic heterocycles. The van der Waals surface area contributed by atoms with E-state index in [4.69, 9.17) is 4.74 Å². The summed E-state index contributed by atoms with van der Waals surface area (Å²) in [5.41, 5.74) is 1.09. The molecular weight excluding hydrogens is 258 g/mol. The molecule has 0 saturated heterocycles. The largest absolute Gasteiger partial charge is 0.494 e. The molecule has 19 heavy (non-hydrogen) atoms. The fourth-order valence-electron chi connectivity index (χ4n) is 1.70. The molecule has 0 spiro atoms. The Kier molecular flexibility index (Phi) is 5.30. The van der Waals surface area contributed by atoms with E-state index < -0.39 is 0 Å². The zero-order chi connectivity index (χ0) is 13.5. The van der Waals surface area contributed by atoms with Crippen molar-refractivity contribution >= 4 is 11.3 Å². The third-order valence-corrected chi connectivity index (χ3v) is 3.68. The van der Waals surface area contributed by atoms with Crippen LogP contribution in [0.3, 0.4) is 0 Å². The van der Waals surface area contributed by atoms with Crippen LogP contribution < -0.4 is 10.1 Å². The molecular formula is C14H19N3OS. The Labute approximate surface area is 117 Å². The molecule has 0 aliphatic heterocycles. The molecule has 102 valence electrons. The monoisotopic (exact) mass is 277 g/mol. The van der Waals surface area contributed by atoms with Gasteiger partial charge in [-0.2, -0.15) is 0 Å². The Morgan fingerprint density at radius 1 is 1.16 bits per heavy atom. The zero-order valence-electron chi connectivity index (χ0n) is 11.3. The highest BCUT2D eigenvalue weighted by Crippen LogP contribution is 2.25. The van der Waals surface area contributed by atoms with Gasteiger partial charge in [0.05, 0.1) is 6.61 Å². The molecule has 2 rings (SSSR count). The molecule has 0 unspecified atom stereocenters. The first-order chi connectivity index (χ1) is 9.33. The van der Waals surface area contributed by atoms with Crippen LogP contribution in [0.4, 0.5) is 0 Å². The van der Waals surface area contributed by atoms with Crippen molar-refractivity contribution in [2.45, 2.75) is 20.3 Å². The van der Waals surface area contributed by atoms with Gasteiger partial charge in [0, 0.05) is 18.5 Å². The molecule has 5 heteroatoms. The summed E-state index contributed by atoms with van der Waals surface area (Å²) < 4.78 is 5.43. The van der Waals surface area contributed by atoms with Crippen molar-refractivity contribution in [3.63, 3.8) is 0 Å². The van der Waals surface area contributed by atoms with Crippen molar-refractivity contribution in [2.75, 3.05) is 19.7 Å². The minimum atomic E-state index is 0.687. The predicted molar refractivity (Wildman–Crippen MR) is 78.8 cm³/mol. The Morgan fingerprint density at radius 3 is 2.63 bits per heavy atom. The van der Waals surface area contributed by atoms with Gasteiger partial charge in [-0.05, 0) is 37.7 Å². The highest BCUT2D eigenvalue weighted by molar-refractivity contribution is 7.14. The summed E-state index contributed by atoms with van der Waals surface area (Å²) in [7, 11) is 0. The maximum Gasteiger partial charge on any atom is 0.147 e. The van der Waals surface area contributed by atoms with Crippen molar-refractivity contribution < 1.29 is 4.74 Å². The summed E-state index contributed by atoms with van der Waals surface area (Å²) >= 11 is 1.65. The number of nitrogens with one attached hydrogen (secondary N) is 1. The van der Waals surface area contributed by atoms with Gasteiger partial charge in [-0.15, -0.1) is 10.2 Å². The van der Waals surface area contributed by atoms with Gasteiger partial charge < -0.3 is 10.1 Å². The lowest BCUT2D eigenvalue weighted by molar-refractivity contribution is 0.340. The van der Waals surface area contributed by atoms with Crippen molar-refractivity contribution in [3.8, 4) is 16.3 Å². The minimum Gasteiger partial charge on any atom is -0.494 e. The second kappa shape index (κ2) is 7.21. The first-order valence-corrected chi connectivity index (χ1v) is 7.41. The van der Waals surface area contributed by atoms with Crippen LogP contribution in [0.25, 0.3) is 10.6 Å². The van der Waals surface area contributed by atoms with E-state index in [2.05, 4.69) is 22.4 Å². The van der Waals surface area contributed by atoms with E-state index in [9.17, 15) is 0 Å². The van der Waals surface area contributed by atoms with Crippen LogP contribution in [-0.4, -0.2) is 29.9 Å². The van der Waals surface area contributed by atoms with Crippen molar-refractivity contribution in [1.82, 2.24) is 15.5 Å². The van der Waals surface area contributed by atoms with Crippen molar-refractivity contribution in [1.29, 1.82) is 0 Å². The van der Waals surface area contributed by atoms with Gasteiger partial charge in [0.25, 0.3) is 0 Å². The first kappa shape index (κ1) is 14.0. The van der Waals surface area contributed by atoms with E-state index in [1.165, 1.54) is 0 Å². The number of hydrogen-bond donors (Lipinski definition) is 1. The molecule has 0 atom stereocenters. The third-order valence-electron chi connectivity index (χ3n) is 2.64. The number of nitrogens with zero attached hydrogens (tertiary/aromatic N) is 2. The van der Waals surface area contributed by atoms with Crippen LogP contribution in [0.15, 0.2) is 24.3 Å². The Morgan fingerprint density at radius 2 is 1.95 bits per heavy atom. The normalized spacial score (nSPS) is 10.6. The van der Waals surface area contributed by atoms with E-state index in [1.807, 2.05) is 31.2 Å². The number of aromatic nitrogens is 2. The maximum absolute atomic E-state index is 5.43. The second-order valence-electron chi connectivity index (χ2n) is 4.06. The van der Waals surface area contributed by atoms with E-state index in [0.717, 1.165) is 40.8 Å². The van der Waals surface area contributed by atoms with Crippen LogP contribution in [0.2, 0.25) is 0 Å². The lowest BCUT2D eigenvalue weighted by atomic mass is 10.2. The summed E-state index contributed by atoms with van der Waals surface area (Å²) in [6.07, 6.45) is 0.933. The van der Waals surface area contributed by atoms with Crippen LogP contribution in [0, 0.1) is 0 Å². The van der Waals surface area contributed by atoms with Gasteiger partial charge >= 0.3 is 0 Å². The fraction of sp³-hybridized carbons (Fsp3) is 0.429.